The first-order valence-corrected chi connectivity index (χ1v) is 30.9. The quantitative estimate of drug-likeness (QED) is 0.0261. The molecule has 0 radical (unpaired) electrons. The lowest BCUT2D eigenvalue weighted by Crippen LogP contribution is -2.60. The van der Waals surface area contributed by atoms with Crippen LogP contribution in [-0.4, -0.2) is 87.5 Å². The van der Waals surface area contributed by atoms with Crippen molar-refractivity contribution in [1.29, 1.82) is 0 Å². The first-order chi connectivity index (χ1) is 37.8. The summed E-state index contributed by atoms with van der Waals surface area (Å²) >= 11 is 0. The van der Waals surface area contributed by atoms with Gasteiger partial charge in [-0.05, 0) is 109 Å². The zero-order chi connectivity index (χ0) is 55.8. The molecule has 0 aromatic heterocycles. The fourth-order valence-corrected chi connectivity index (χ4v) is 8.85. The molecule has 0 saturated carbocycles. The van der Waals surface area contributed by atoms with Crippen molar-refractivity contribution in [3.63, 3.8) is 0 Å². The van der Waals surface area contributed by atoms with E-state index in [1.54, 1.807) is 6.08 Å². The summed E-state index contributed by atoms with van der Waals surface area (Å²) in [5.41, 5.74) is 0. The van der Waals surface area contributed by atoms with Crippen LogP contribution < -0.4 is 5.32 Å². The minimum Gasteiger partial charge on any atom is -0.394 e. The Kier molecular flexibility index (Phi) is 51.5. The number of carbonyl (C=O) groups is 1. The summed E-state index contributed by atoms with van der Waals surface area (Å²) in [4.78, 5) is 13.1. The van der Waals surface area contributed by atoms with Crippen molar-refractivity contribution in [3.8, 4) is 0 Å². The molecule has 0 aromatic carbocycles. The van der Waals surface area contributed by atoms with Gasteiger partial charge >= 0.3 is 0 Å². The number of nitrogens with one attached hydrogen (secondary N) is 1. The minimum absolute atomic E-state index is 0.210. The van der Waals surface area contributed by atoms with E-state index in [0.717, 1.165) is 128 Å². The molecule has 7 unspecified atom stereocenters. The Morgan fingerprint density at radius 1 is 0.455 bits per heavy atom. The maximum Gasteiger partial charge on any atom is 0.220 e. The second-order valence-corrected chi connectivity index (χ2v) is 20.7. The average molecular weight is 1070 g/mol. The Labute approximate surface area is 471 Å². The molecule has 1 saturated heterocycles. The molecule has 77 heavy (non-hydrogen) atoms. The van der Waals surface area contributed by atoms with Crippen molar-refractivity contribution in [2.24, 2.45) is 0 Å². The van der Waals surface area contributed by atoms with E-state index in [1.165, 1.54) is 83.5 Å². The fraction of sp³-hybridized carbons (Fsp3) is 0.662. The van der Waals surface area contributed by atoms with Crippen LogP contribution in [0.2, 0.25) is 0 Å². The third-order valence-corrected chi connectivity index (χ3v) is 13.7. The molecule has 0 spiro atoms. The summed E-state index contributed by atoms with van der Waals surface area (Å²) in [6, 6.07) is -0.848. The molecule has 9 nitrogen and oxygen atoms in total. The monoisotopic (exact) mass is 1070 g/mol. The van der Waals surface area contributed by atoms with Crippen molar-refractivity contribution in [2.45, 2.75) is 275 Å². The number of ether oxygens (including phenoxy) is 2. The number of hydrogen-bond acceptors (Lipinski definition) is 8. The Hall–Kier alpha value is -3.67. The van der Waals surface area contributed by atoms with Crippen molar-refractivity contribution in [1.82, 2.24) is 5.32 Å². The van der Waals surface area contributed by atoms with E-state index < -0.39 is 49.5 Å². The van der Waals surface area contributed by atoms with E-state index in [4.69, 9.17) is 9.47 Å². The van der Waals surface area contributed by atoms with Gasteiger partial charge in [-0.2, -0.15) is 0 Å². The molecule has 0 aromatic rings. The first-order valence-electron chi connectivity index (χ1n) is 30.9. The van der Waals surface area contributed by atoms with Crippen LogP contribution in [0.1, 0.15) is 232 Å². The molecule has 0 bridgehead atoms. The van der Waals surface area contributed by atoms with Crippen molar-refractivity contribution in [2.75, 3.05) is 13.2 Å². The summed E-state index contributed by atoms with van der Waals surface area (Å²) in [6.07, 6.45) is 78.0. The van der Waals surface area contributed by atoms with Gasteiger partial charge < -0.3 is 40.3 Å². The summed E-state index contributed by atoms with van der Waals surface area (Å²) in [5.74, 6) is -0.210. The molecule has 438 valence electrons. The molecule has 9 heteroatoms. The molecule has 1 fully saturated rings. The third-order valence-electron chi connectivity index (χ3n) is 13.7. The molecular weight excluding hydrogens is 959 g/mol. The van der Waals surface area contributed by atoms with Crippen LogP contribution in [0.4, 0.5) is 0 Å². The van der Waals surface area contributed by atoms with Gasteiger partial charge in [-0.15, -0.1) is 0 Å². The normalized spacial score (nSPS) is 19.7. The van der Waals surface area contributed by atoms with E-state index in [9.17, 15) is 30.3 Å². The number of unbranched alkanes of at least 4 members (excludes halogenated alkanes) is 21. The number of carbonyl (C=O) groups excluding carboxylic acids is 1. The van der Waals surface area contributed by atoms with E-state index in [2.05, 4.69) is 141 Å². The summed E-state index contributed by atoms with van der Waals surface area (Å²) in [6.45, 7) is 3.63. The topological polar surface area (TPSA) is 149 Å². The second kappa shape index (κ2) is 55.6. The van der Waals surface area contributed by atoms with Gasteiger partial charge in [0.2, 0.25) is 5.91 Å². The SMILES string of the molecule is CC/C=C\C/C=C\C/C=C\C/C=C\C/C=C\C/C=C\C/C=C\C/C=C\CCCCCCCCC(=O)NC(COC1OC(CO)C(O)C(O)C1O)C(O)/C=C/CC/C=C/CC/C=C/CCCCCCCCCCCCCCC. The lowest BCUT2D eigenvalue weighted by atomic mass is 9.99. The van der Waals surface area contributed by atoms with E-state index in [0.29, 0.717) is 6.42 Å². The number of amides is 1. The summed E-state index contributed by atoms with van der Waals surface area (Å²) < 4.78 is 11.3. The molecule has 1 rings (SSSR count). The van der Waals surface area contributed by atoms with E-state index in [1.807, 2.05) is 6.08 Å². The average Bonchev–Trinajstić information content (AvgIpc) is 3.43. The molecule has 7 atom stereocenters. The second-order valence-electron chi connectivity index (χ2n) is 20.7. The predicted molar refractivity (Wildman–Crippen MR) is 327 cm³/mol. The molecule has 0 aliphatic carbocycles. The highest BCUT2D eigenvalue weighted by Gasteiger charge is 2.44. The van der Waals surface area contributed by atoms with Crippen LogP contribution >= 0.6 is 0 Å². The number of rotatable bonds is 51. The molecule has 1 aliphatic heterocycles. The first kappa shape index (κ1) is 71.3. The van der Waals surface area contributed by atoms with Crippen molar-refractivity contribution >= 4 is 5.91 Å². The number of hydrogen-bond donors (Lipinski definition) is 6. The molecule has 1 aliphatic rings. The maximum atomic E-state index is 13.1. The smallest absolute Gasteiger partial charge is 0.220 e. The van der Waals surface area contributed by atoms with Gasteiger partial charge in [-0.3, -0.25) is 4.79 Å². The van der Waals surface area contributed by atoms with Gasteiger partial charge in [0.05, 0.1) is 25.4 Å². The minimum atomic E-state index is -1.59. The third kappa shape index (κ3) is 44.8. The maximum absolute atomic E-state index is 13.1. The van der Waals surface area contributed by atoms with Gasteiger partial charge in [0.1, 0.15) is 24.4 Å². The van der Waals surface area contributed by atoms with E-state index >= 15 is 0 Å². The van der Waals surface area contributed by atoms with Crippen LogP contribution in [0.3, 0.4) is 0 Å². The Bertz CT molecular complexity index is 1670. The number of aliphatic hydroxyl groups excluding tert-OH is 5. The van der Waals surface area contributed by atoms with Crippen LogP contribution in [0.5, 0.6) is 0 Å². The van der Waals surface area contributed by atoms with Gasteiger partial charge in [-0.25, -0.2) is 0 Å². The number of aliphatic hydroxyl groups is 5. The van der Waals surface area contributed by atoms with E-state index in [-0.39, 0.29) is 12.5 Å². The Balaban J connectivity index is 2.27. The van der Waals surface area contributed by atoms with Gasteiger partial charge in [0.25, 0.3) is 0 Å². The Morgan fingerprint density at radius 2 is 0.818 bits per heavy atom. The summed E-state index contributed by atoms with van der Waals surface area (Å²) in [7, 11) is 0. The van der Waals surface area contributed by atoms with Gasteiger partial charge in [-0.1, -0.05) is 250 Å². The fourth-order valence-electron chi connectivity index (χ4n) is 8.85. The highest BCUT2D eigenvalue weighted by atomic mass is 16.7. The van der Waals surface area contributed by atoms with Crippen LogP contribution in [0, 0.1) is 0 Å². The zero-order valence-corrected chi connectivity index (χ0v) is 48.7. The highest BCUT2D eigenvalue weighted by Crippen LogP contribution is 2.23. The standard InChI is InChI=1S/C68H113NO8/c1-3-5-7-9-11-13-15-17-19-21-23-25-27-28-29-30-31-32-33-34-36-38-40-42-44-46-48-50-52-54-56-58-64(72)69-61(60-76-68-67(75)66(74)65(73)63(59-70)77-68)62(71)57-55-53-51-49-47-45-43-41-39-37-35-26-24-22-20-18-16-14-12-10-8-6-4-2/h5,7,11,13,17,19,23,25,28-29,31-32,34,36,39-42,47,49,55,57,61-63,65-68,70-71,73-75H,3-4,6,8-10,12,14-16,18,20-22,24,26-27,30,33,35,37-38,43-46,48,50-54,56,58-60H2,1-2H3,(H,69,72)/b7-5-,13-11-,19-17-,25-23-,29-28-,32-31-,36-34-,41-39+,42-40-,49-47+,57-55+. The predicted octanol–water partition coefficient (Wildman–Crippen LogP) is 16.1. The lowest BCUT2D eigenvalue weighted by molar-refractivity contribution is -0.302. The molecule has 1 amide bonds. The largest absolute Gasteiger partial charge is 0.394 e. The zero-order valence-electron chi connectivity index (χ0n) is 48.7. The van der Waals surface area contributed by atoms with Crippen LogP contribution in [0.15, 0.2) is 134 Å². The van der Waals surface area contributed by atoms with Crippen molar-refractivity contribution < 1.29 is 39.8 Å². The molecule has 1 heterocycles. The highest BCUT2D eigenvalue weighted by molar-refractivity contribution is 5.76. The molecule has 6 N–H and O–H groups in total. The lowest BCUT2D eigenvalue weighted by Gasteiger charge is -2.40. The Morgan fingerprint density at radius 3 is 1.25 bits per heavy atom. The van der Waals surface area contributed by atoms with Crippen LogP contribution in [-0.2, 0) is 14.3 Å². The summed E-state index contributed by atoms with van der Waals surface area (Å²) in [5, 5.41) is 54.6. The van der Waals surface area contributed by atoms with Crippen LogP contribution in [0.25, 0.3) is 0 Å². The van der Waals surface area contributed by atoms with Crippen molar-refractivity contribution in [3.05, 3.63) is 134 Å². The van der Waals surface area contributed by atoms with Gasteiger partial charge in [0.15, 0.2) is 6.29 Å². The number of allylic oxidation sites excluding steroid dienone is 21. The van der Waals surface area contributed by atoms with Gasteiger partial charge in [0, 0.05) is 6.42 Å². The molecular formula is C68H113NO8.